The smallest absolute Gasteiger partial charge is 0.194 e. The Balaban J connectivity index is 1.72. The van der Waals surface area contributed by atoms with E-state index < -0.39 is 0 Å². The first-order valence-electron chi connectivity index (χ1n) is 10.7. The van der Waals surface area contributed by atoms with Crippen molar-refractivity contribution in [1.82, 2.24) is 20.0 Å². The molecule has 0 amide bonds. The van der Waals surface area contributed by atoms with E-state index in [-0.39, 0.29) is 6.10 Å². The third kappa shape index (κ3) is 4.64. The summed E-state index contributed by atoms with van der Waals surface area (Å²) in [6, 6.07) is 6.59. The highest BCUT2D eigenvalue weighted by Gasteiger charge is 2.25. The van der Waals surface area contributed by atoms with E-state index in [1.54, 1.807) is 0 Å². The molecule has 1 aromatic carbocycles. The molecule has 1 N–H and O–H groups in total. The SMILES string of the molecule is CCc1nn(C)c(CC)c1CNC(=NC)N1CCOC(c2ccc(C)cc2C)C1. The van der Waals surface area contributed by atoms with Gasteiger partial charge in [-0.1, -0.05) is 37.6 Å². The minimum absolute atomic E-state index is 0.0682. The Morgan fingerprint density at radius 3 is 2.72 bits per heavy atom. The summed E-state index contributed by atoms with van der Waals surface area (Å²) in [7, 11) is 3.89. The summed E-state index contributed by atoms with van der Waals surface area (Å²) in [4.78, 5) is 6.86. The number of hydrogen-bond donors (Lipinski definition) is 1. The standard InChI is InChI=1S/C23H35N5O/c1-7-20-19(21(8-2)27(6)26-20)14-25-23(24-5)28-11-12-29-22(15-28)18-10-9-16(3)13-17(18)4/h9-10,13,22H,7-8,11-12,14-15H2,1-6H3,(H,24,25). The first kappa shape index (κ1) is 21.4. The molecule has 0 radical (unpaired) electrons. The molecule has 0 spiro atoms. The fourth-order valence-corrected chi connectivity index (χ4v) is 4.31. The van der Waals surface area contributed by atoms with Crippen molar-refractivity contribution < 1.29 is 4.74 Å². The summed E-state index contributed by atoms with van der Waals surface area (Å²) in [6.07, 6.45) is 1.99. The third-order valence-corrected chi connectivity index (χ3v) is 5.80. The number of nitrogens with zero attached hydrogens (tertiary/aromatic N) is 4. The second-order valence-corrected chi connectivity index (χ2v) is 7.77. The first-order valence-corrected chi connectivity index (χ1v) is 10.7. The number of guanidine groups is 1. The maximum Gasteiger partial charge on any atom is 0.194 e. The number of morpholine rings is 1. The number of aliphatic imine (C=N–C) groups is 1. The van der Waals surface area contributed by atoms with Crippen LogP contribution in [0.2, 0.25) is 0 Å². The zero-order valence-electron chi connectivity index (χ0n) is 18.7. The van der Waals surface area contributed by atoms with Gasteiger partial charge in [-0.05, 0) is 37.8 Å². The second-order valence-electron chi connectivity index (χ2n) is 7.77. The molecule has 1 atom stereocenters. The molecule has 3 rings (SSSR count). The average molecular weight is 398 g/mol. The predicted molar refractivity (Wildman–Crippen MR) is 118 cm³/mol. The zero-order chi connectivity index (χ0) is 21.0. The number of aromatic nitrogens is 2. The van der Waals surface area contributed by atoms with Crippen molar-refractivity contribution in [2.75, 3.05) is 26.7 Å². The predicted octanol–water partition coefficient (Wildman–Crippen LogP) is 3.31. The summed E-state index contributed by atoms with van der Waals surface area (Å²) in [6.45, 7) is 11.7. The first-order chi connectivity index (χ1) is 14.0. The fraction of sp³-hybridized carbons (Fsp3) is 0.565. The highest BCUT2D eigenvalue weighted by molar-refractivity contribution is 5.80. The topological polar surface area (TPSA) is 54.7 Å². The van der Waals surface area contributed by atoms with Gasteiger partial charge in [-0.3, -0.25) is 9.67 Å². The minimum Gasteiger partial charge on any atom is -0.370 e. The quantitative estimate of drug-likeness (QED) is 0.621. The molecule has 1 aliphatic heterocycles. The monoisotopic (exact) mass is 397 g/mol. The Hall–Kier alpha value is -2.34. The second kappa shape index (κ2) is 9.44. The van der Waals surface area contributed by atoms with Gasteiger partial charge in [0.2, 0.25) is 0 Å². The van der Waals surface area contributed by atoms with Gasteiger partial charge in [0.15, 0.2) is 5.96 Å². The molecule has 1 fully saturated rings. The van der Waals surface area contributed by atoms with E-state index in [2.05, 4.69) is 66.2 Å². The van der Waals surface area contributed by atoms with Crippen LogP contribution >= 0.6 is 0 Å². The maximum atomic E-state index is 6.11. The van der Waals surface area contributed by atoms with Crippen molar-refractivity contribution in [2.45, 2.75) is 53.2 Å². The van der Waals surface area contributed by atoms with Gasteiger partial charge in [-0.2, -0.15) is 5.10 Å². The highest BCUT2D eigenvalue weighted by Crippen LogP contribution is 2.26. The van der Waals surface area contributed by atoms with Gasteiger partial charge in [0.05, 0.1) is 18.8 Å². The summed E-state index contributed by atoms with van der Waals surface area (Å²) in [5.74, 6) is 0.927. The zero-order valence-corrected chi connectivity index (χ0v) is 18.7. The normalized spacial score (nSPS) is 17.7. The molecule has 2 heterocycles. The van der Waals surface area contributed by atoms with E-state index in [9.17, 15) is 0 Å². The molecular weight excluding hydrogens is 362 g/mol. The number of ether oxygens (including phenoxy) is 1. The van der Waals surface area contributed by atoms with Crippen LogP contribution in [0.15, 0.2) is 23.2 Å². The van der Waals surface area contributed by atoms with Gasteiger partial charge >= 0.3 is 0 Å². The van der Waals surface area contributed by atoms with Crippen molar-refractivity contribution in [2.24, 2.45) is 12.0 Å². The average Bonchev–Trinajstić information content (AvgIpc) is 3.03. The molecule has 29 heavy (non-hydrogen) atoms. The summed E-state index contributed by atoms with van der Waals surface area (Å²) in [5.41, 5.74) is 7.60. The Bertz CT molecular complexity index is 870. The molecule has 1 unspecified atom stereocenters. The van der Waals surface area contributed by atoms with Crippen LogP contribution in [0.4, 0.5) is 0 Å². The van der Waals surface area contributed by atoms with Crippen molar-refractivity contribution in [3.8, 4) is 0 Å². The lowest BCUT2D eigenvalue weighted by Crippen LogP contribution is -2.48. The Morgan fingerprint density at radius 1 is 1.28 bits per heavy atom. The minimum atomic E-state index is 0.0682. The van der Waals surface area contributed by atoms with E-state index in [1.165, 1.54) is 33.6 Å². The molecule has 0 aliphatic carbocycles. The summed E-state index contributed by atoms with van der Waals surface area (Å²) in [5, 5.41) is 8.27. The van der Waals surface area contributed by atoms with Gasteiger partial charge < -0.3 is 15.0 Å². The lowest BCUT2D eigenvalue weighted by atomic mass is 10.00. The molecule has 2 aromatic rings. The van der Waals surface area contributed by atoms with Crippen molar-refractivity contribution in [1.29, 1.82) is 0 Å². The van der Waals surface area contributed by atoms with Crippen LogP contribution in [-0.2, 0) is 31.2 Å². The molecule has 6 nitrogen and oxygen atoms in total. The van der Waals surface area contributed by atoms with Gasteiger partial charge in [0, 0.05) is 38.4 Å². The van der Waals surface area contributed by atoms with Crippen molar-refractivity contribution in [3.63, 3.8) is 0 Å². The molecule has 6 heteroatoms. The van der Waals surface area contributed by atoms with Gasteiger partial charge in [0.1, 0.15) is 6.10 Å². The van der Waals surface area contributed by atoms with E-state index >= 15 is 0 Å². The van der Waals surface area contributed by atoms with Crippen LogP contribution < -0.4 is 5.32 Å². The summed E-state index contributed by atoms with van der Waals surface area (Å²) >= 11 is 0. The van der Waals surface area contributed by atoms with E-state index in [0.717, 1.165) is 38.4 Å². The van der Waals surface area contributed by atoms with E-state index in [0.29, 0.717) is 6.61 Å². The van der Waals surface area contributed by atoms with Crippen LogP contribution in [0.25, 0.3) is 0 Å². The lowest BCUT2D eigenvalue weighted by Gasteiger charge is -2.36. The number of benzene rings is 1. The van der Waals surface area contributed by atoms with Gasteiger partial charge in [0.25, 0.3) is 0 Å². The number of nitrogens with one attached hydrogen (secondary N) is 1. The van der Waals surface area contributed by atoms with E-state index in [4.69, 9.17) is 4.74 Å². The highest BCUT2D eigenvalue weighted by atomic mass is 16.5. The maximum absolute atomic E-state index is 6.11. The largest absolute Gasteiger partial charge is 0.370 e. The van der Waals surface area contributed by atoms with Crippen LogP contribution in [0, 0.1) is 13.8 Å². The Labute approximate surface area is 175 Å². The van der Waals surface area contributed by atoms with E-state index in [1.807, 2.05) is 18.8 Å². The fourth-order valence-electron chi connectivity index (χ4n) is 4.31. The number of rotatable bonds is 5. The van der Waals surface area contributed by atoms with Gasteiger partial charge in [-0.15, -0.1) is 0 Å². The van der Waals surface area contributed by atoms with Crippen LogP contribution in [0.5, 0.6) is 0 Å². The Kier molecular flexibility index (Phi) is 6.96. The summed E-state index contributed by atoms with van der Waals surface area (Å²) < 4.78 is 8.13. The molecular formula is C23H35N5O. The van der Waals surface area contributed by atoms with Crippen LogP contribution in [0.3, 0.4) is 0 Å². The van der Waals surface area contributed by atoms with Crippen LogP contribution in [-0.4, -0.2) is 47.4 Å². The third-order valence-electron chi connectivity index (χ3n) is 5.80. The Morgan fingerprint density at radius 2 is 2.07 bits per heavy atom. The van der Waals surface area contributed by atoms with Gasteiger partial charge in [-0.25, -0.2) is 0 Å². The molecule has 1 aromatic heterocycles. The van der Waals surface area contributed by atoms with Crippen LogP contribution in [0.1, 0.15) is 53.6 Å². The number of aryl methyl sites for hydroxylation is 4. The number of hydrogen-bond acceptors (Lipinski definition) is 3. The molecule has 0 saturated carbocycles. The molecule has 1 aliphatic rings. The van der Waals surface area contributed by atoms with Crippen molar-refractivity contribution in [3.05, 3.63) is 51.8 Å². The van der Waals surface area contributed by atoms with Crippen molar-refractivity contribution >= 4 is 5.96 Å². The molecule has 1 saturated heterocycles. The molecule has 0 bridgehead atoms. The lowest BCUT2D eigenvalue weighted by molar-refractivity contribution is -0.00834. The molecule has 158 valence electrons.